The summed E-state index contributed by atoms with van der Waals surface area (Å²) in [5.41, 5.74) is 0. The second-order valence-electron chi connectivity index (χ2n) is 7.51. The summed E-state index contributed by atoms with van der Waals surface area (Å²) in [4.78, 5) is 18.3. The summed E-state index contributed by atoms with van der Waals surface area (Å²) in [5.74, 6) is -0.155. The van der Waals surface area contributed by atoms with E-state index in [1.165, 1.54) is 11.9 Å². The summed E-state index contributed by atoms with van der Waals surface area (Å²) in [6.07, 6.45) is 0. The molecule has 158 valence electrons. The fraction of sp³-hybridized carbons (Fsp3) is 0.318. The topological polar surface area (TPSA) is 60.9 Å². The molecule has 0 saturated carbocycles. The number of hydrogen-bond acceptors (Lipinski definition) is 5. The number of sulfonamides is 1. The first-order valence-electron chi connectivity index (χ1n) is 9.91. The van der Waals surface area contributed by atoms with Crippen LogP contribution in [-0.4, -0.2) is 68.2 Å². The van der Waals surface area contributed by atoms with Crippen molar-refractivity contribution in [2.45, 2.75) is 11.4 Å². The maximum atomic E-state index is 13.0. The first-order valence-corrected chi connectivity index (χ1v) is 12.2. The predicted octanol–water partition coefficient (Wildman–Crippen LogP) is 2.87. The molecule has 2 aromatic carbocycles. The average Bonchev–Trinajstić information content (AvgIpc) is 3.26. The van der Waals surface area contributed by atoms with Crippen molar-refractivity contribution in [2.75, 3.05) is 39.8 Å². The molecule has 1 aromatic heterocycles. The zero-order valence-electron chi connectivity index (χ0n) is 16.9. The standard InChI is InChI=1S/C22H25N3O3S2/c1-23(30(27,28)21-9-8-18-5-2-3-6-19(18)15-21)17-22(26)25-12-10-24(11-13-25)16-20-7-4-14-29-20/h2-9,14-15H,10-13,16-17H2,1H3. The van der Waals surface area contributed by atoms with Crippen LogP contribution in [0.25, 0.3) is 10.8 Å². The van der Waals surface area contributed by atoms with Crippen LogP contribution in [0.3, 0.4) is 0 Å². The summed E-state index contributed by atoms with van der Waals surface area (Å²) >= 11 is 1.74. The number of rotatable bonds is 6. The summed E-state index contributed by atoms with van der Waals surface area (Å²) in [6.45, 7) is 3.58. The van der Waals surface area contributed by atoms with E-state index in [-0.39, 0.29) is 17.3 Å². The van der Waals surface area contributed by atoms with E-state index in [4.69, 9.17) is 0 Å². The largest absolute Gasteiger partial charge is 0.339 e. The van der Waals surface area contributed by atoms with Gasteiger partial charge < -0.3 is 4.90 Å². The number of benzene rings is 2. The molecule has 0 bridgehead atoms. The average molecular weight is 444 g/mol. The van der Waals surface area contributed by atoms with E-state index in [1.54, 1.807) is 34.4 Å². The molecule has 1 saturated heterocycles. The van der Waals surface area contributed by atoms with Crippen molar-refractivity contribution in [3.8, 4) is 0 Å². The van der Waals surface area contributed by atoms with Gasteiger partial charge in [-0.2, -0.15) is 4.31 Å². The Hall–Kier alpha value is -2.26. The maximum Gasteiger partial charge on any atom is 0.243 e. The van der Waals surface area contributed by atoms with E-state index in [0.29, 0.717) is 13.1 Å². The maximum absolute atomic E-state index is 13.0. The number of thiophene rings is 1. The van der Waals surface area contributed by atoms with Gasteiger partial charge in [-0.1, -0.05) is 36.4 Å². The third-order valence-electron chi connectivity index (χ3n) is 5.47. The lowest BCUT2D eigenvalue weighted by Gasteiger charge is -2.35. The monoisotopic (exact) mass is 443 g/mol. The van der Waals surface area contributed by atoms with Gasteiger partial charge in [0.15, 0.2) is 0 Å². The Balaban J connectivity index is 1.36. The minimum Gasteiger partial charge on any atom is -0.339 e. The van der Waals surface area contributed by atoms with Crippen molar-refractivity contribution in [2.24, 2.45) is 0 Å². The highest BCUT2D eigenvalue weighted by atomic mass is 32.2. The van der Waals surface area contributed by atoms with Crippen LogP contribution in [-0.2, 0) is 21.4 Å². The molecule has 30 heavy (non-hydrogen) atoms. The fourth-order valence-corrected chi connectivity index (χ4v) is 5.56. The van der Waals surface area contributed by atoms with Crippen LogP contribution in [0, 0.1) is 0 Å². The van der Waals surface area contributed by atoms with Gasteiger partial charge in [0, 0.05) is 44.6 Å². The highest BCUT2D eigenvalue weighted by Gasteiger charge is 2.27. The normalized spacial score (nSPS) is 15.7. The summed E-state index contributed by atoms with van der Waals surface area (Å²) in [5, 5.41) is 3.91. The van der Waals surface area contributed by atoms with Gasteiger partial charge in [0.25, 0.3) is 0 Å². The van der Waals surface area contributed by atoms with Crippen molar-refractivity contribution in [3.63, 3.8) is 0 Å². The molecular weight excluding hydrogens is 418 g/mol. The SMILES string of the molecule is CN(CC(=O)N1CCN(Cc2cccs2)CC1)S(=O)(=O)c1ccc2ccccc2c1. The first-order chi connectivity index (χ1) is 14.4. The lowest BCUT2D eigenvalue weighted by molar-refractivity contribution is -0.133. The Morgan fingerprint density at radius 2 is 1.73 bits per heavy atom. The molecule has 3 aromatic rings. The minimum absolute atomic E-state index is 0.153. The quantitative estimate of drug-likeness (QED) is 0.588. The molecule has 8 heteroatoms. The van der Waals surface area contributed by atoms with Crippen molar-refractivity contribution in [1.82, 2.24) is 14.1 Å². The van der Waals surface area contributed by atoms with Crippen molar-refractivity contribution < 1.29 is 13.2 Å². The molecule has 1 aliphatic heterocycles. The lowest BCUT2D eigenvalue weighted by atomic mass is 10.1. The number of hydrogen-bond donors (Lipinski definition) is 0. The van der Waals surface area contributed by atoms with E-state index >= 15 is 0 Å². The summed E-state index contributed by atoms with van der Waals surface area (Å²) < 4.78 is 27.1. The molecule has 4 rings (SSSR count). The number of fused-ring (bicyclic) bond motifs is 1. The van der Waals surface area contributed by atoms with Crippen LogP contribution in [0.5, 0.6) is 0 Å². The lowest BCUT2D eigenvalue weighted by Crippen LogP contribution is -2.51. The molecule has 1 fully saturated rings. The molecule has 0 N–H and O–H groups in total. The molecule has 0 radical (unpaired) electrons. The van der Waals surface area contributed by atoms with E-state index in [2.05, 4.69) is 16.3 Å². The van der Waals surface area contributed by atoms with Gasteiger partial charge in [-0.05, 0) is 34.4 Å². The molecular formula is C22H25N3O3S2. The van der Waals surface area contributed by atoms with E-state index < -0.39 is 10.0 Å². The number of piperazine rings is 1. The van der Waals surface area contributed by atoms with Crippen LogP contribution < -0.4 is 0 Å². The molecule has 0 unspecified atom stereocenters. The Morgan fingerprint density at radius 3 is 2.43 bits per heavy atom. The zero-order valence-corrected chi connectivity index (χ0v) is 18.5. The second-order valence-corrected chi connectivity index (χ2v) is 10.6. The van der Waals surface area contributed by atoms with E-state index in [9.17, 15) is 13.2 Å². The van der Waals surface area contributed by atoms with Gasteiger partial charge >= 0.3 is 0 Å². The van der Waals surface area contributed by atoms with Crippen molar-refractivity contribution in [1.29, 1.82) is 0 Å². The Kier molecular flexibility index (Phi) is 6.19. The van der Waals surface area contributed by atoms with Gasteiger partial charge in [-0.15, -0.1) is 11.3 Å². The zero-order chi connectivity index (χ0) is 21.1. The number of carbonyl (C=O) groups is 1. The van der Waals surface area contributed by atoms with Crippen LogP contribution in [0.15, 0.2) is 64.9 Å². The molecule has 6 nitrogen and oxygen atoms in total. The summed E-state index contributed by atoms with van der Waals surface area (Å²) in [7, 11) is -2.26. The van der Waals surface area contributed by atoms with Crippen molar-refractivity contribution in [3.05, 3.63) is 64.9 Å². The predicted molar refractivity (Wildman–Crippen MR) is 120 cm³/mol. The van der Waals surface area contributed by atoms with Crippen molar-refractivity contribution >= 4 is 38.0 Å². The Morgan fingerprint density at radius 1 is 1.00 bits per heavy atom. The first kappa shape index (κ1) is 21.0. The van der Waals surface area contributed by atoms with Gasteiger partial charge in [0.2, 0.25) is 15.9 Å². The van der Waals surface area contributed by atoms with Crippen LogP contribution >= 0.6 is 11.3 Å². The minimum atomic E-state index is -3.73. The van der Waals surface area contributed by atoms with Gasteiger partial charge in [-0.25, -0.2) is 8.42 Å². The number of amides is 1. The highest BCUT2D eigenvalue weighted by Crippen LogP contribution is 2.21. The van der Waals surface area contributed by atoms with Crippen LogP contribution in [0.4, 0.5) is 0 Å². The third kappa shape index (κ3) is 4.57. The molecule has 1 amide bonds. The fourth-order valence-electron chi connectivity index (χ4n) is 3.66. The molecule has 0 aliphatic carbocycles. The molecule has 2 heterocycles. The Labute approximate surface area is 181 Å². The van der Waals surface area contributed by atoms with Gasteiger partial charge in [0.05, 0.1) is 11.4 Å². The van der Waals surface area contributed by atoms with E-state index in [1.807, 2.05) is 30.3 Å². The number of nitrogens with zero attached hydrogens (tertiary/aromatic N) is 3. The molecule has 0 atom stereocenters. The summed E-state index contributed by atoms with van der Waals surface area (Å²) in [6, 6.07) is 16.8. The number of carbonyl (C=O) groups excluding carboxylic acids is 1. The van der Waals surface area contributed by atoms with Gasteiger partial charge in [0.1, 0.15) is 0 Å². The number of likely N-dealkylation sites (N-methyl/N-ethyl adjacent to an activating group) is 1. The van der Waals surface area contributed by atoms with Crippen LogP contribution in [0.1, 0.15) is 4.88 Å². The van der Waals surface area contributed by atoms with Gasteiger partial charge in [-0.3, -0.25) is 9.69 Å². The third-order valence-corrected chi connectivity index (χ3v) is 8.13. The molecule has 1 aliphatic rings. The van der Waals surface area contributed by atoms with E-state index in [0.717, 1.165) is 34.7 Å². The molecule has 0 spiro atoms. The van der Waals surface area contributed by atoms with Crippen LogP contribution in [0.2, 0.25) is 0 Å². The Bertz CT molecular complexity index is 1120. The highest BCUT2D eigenvalue weighted by molar-refractivity contribution is 7.89. The smallest absolute Gasteiger partial charge is 0.243 e. The second kappa shape index (κ2) is 8.85.